The molecule has 0 fully saturated rings. The van der Waals surface area contributed by atoms with Crippen molar-refractivity contribution in [2.24, 2.45) is 0 Å². The molecule has 3 aromatic carbocycles. The highest BCUT2D eigenvalue weighted by Crippen LogP contribution is 2.38. The lowest BCUT2D eigenvalue weighted by atomic mass is 10.1. The number of hydrogen-bond donors (Lipinski definition) is 1. The molecule has 0 spiro atoms. The van der Waals surface area contributed by atoms with E-state index in [1.165, 1.54) is 6.08 Å². The van der Waals surface area contributed by atoms with Gasteiger partial charge in [0, 0.05) is 15.7 Å². The molecule has 33 heavy (non-hydrogen) atoms. The predicted octanol–water partition coefficient (Wildman–Crippen LogP) is 6.93. The summed E-state index contributed by atoms with van der Waals surface area (Å²) in [5.41, 5.74) is 3.07. The summed E-state index contributed by atoms with van der Waals surface area (Å²) in [6.45, 7) is 4.46. The molecule has 168 valence electrons. The summed E-state index contributed by atoms with van der Waals surface area (Å²) < 4.78 is 12.6. The minimum absolute atomic E-state index is 0.0584. The maximum Gasteiger partial charge on any atom is 0.266 e. The first kappa shape index (κ1) is 24.4. The largest absolute Gasteiger partial charge is 0.490 e. The van der Waals surface area contributed by atoms with Crippen molar-refractivity contribution in [2.45, 2.75) is 20.5 Å². The smallest absolute Gasteiger partial charge is 0.266 e. The van der Waals surface area contributed by atoms with E-state index in [4.69, 9.17) is 21.1 Å². The van der Waals surface area contributed by atoms with E-state index in [-0.39, 0.29) is 5.57 Å². The number of nitriles is 1. The van der Waals surface area contributed by atoms with E-state index >= 15 is 0 Å². The number of amides is 1. The highest BCUT2D eigenvalue weighted by molar-refractivity contribution is 9.10. The molecule has 1 N–H and O–H groups in total. The number of carbonyl (C=O) groups excluding carboxylic acids is 1. The Kier molecular flexibility index (Phi) is 8.53. The van der Waals surface area contributed by atoms with Gasteiger partial charge in [-0.3, -0.25) is 4.79 Å². The summed E-state index contributed by atoms with van der Waals surface area (Å²) in [4.78, 5) is 12.6. The van der Waals surface area contributed by atoms with Crippen molar-refractivity contribution in [2.75, 3.05) is 11.9 Å². The minimum atomic E-state index is -0.508. The van der Waals surface area contributed by atoms with Crippen LogP contribution in [0.5, 0.6) is 11.5 Å². The number of anilines is 1. The highest BCUT2D eigenvalue weighted by atomic mass is 79.9. The van der Waals surface area contributed by atoms with Crippen LogP contribution in [0.25, 0.3) is 6.08 Å². The molecule has 0 aliphatic rings. The average Bonchev–Trinajstić information content (AvgIpc) is 2.78. The third kappa shape index (κ3) is 6.61. The number of nitrogens with zero attached hydrogens (tertiary/aromatic N) is 1. The molecule has 0 aliphatic carbocycles. The first-order valence-electron chi connectivity index (χ1n) is 10.2. The van der Waals surface area contributed by atoms with E-state index in [2.05, 4.69) is 21.2 Å². The fourth-order valence-corrected chi connectivity index (χ4v) is 3.75. The van der Waals surface area contributed by atoms with Crippen molar-refractivity contribution in [1.82, 2.24) is 0 Å². The maximum absolute atomic E-state index is 12.6. The summed E-state index contributed by atoms with van der Waals surface area (Å²) in [6.07, 6.45) is 1.47. The van der Waals surface area contributed by atoms with Gasteiger partial charge in [0.2, 0.25) is 0 Å². The van der Waals surface area contributed by atoms with Crippen LogP contribution in [0.4, 0.5) is 5.69 Å². The topological polar surface area (TPSA) is 71.3 Å². The van der Waals surface area contributed by atoms with Gasteiger partial charge in [-0.15, -0.1) is 0 Å². The van der Waals surface area contributed by atoms with Crippen molar-refractivity contribution in [3.8, 4) is 17.6 Å². The van der Waals surface area contributed by atoms with Gasteiger partial charge in [-0.25, -0.2) is 0 Å². The normalized spacial score (nSPS) is 10.9. The molecule has 7 heteroatoms. The van der Waals surface area contributed by atoms with E-state index in [0.29, 0.717) is 41.0 Å². The van der Waals surface area contributed by atoms with Crippen molar-refractivity contribution in [3.05, 3.63) is 92.4 Å². The van der Waals surface area contributed by atoms with E-state index < -0.39 is 5.91 Å². The molecule has 0 atom stereocenters. The van der Waals surface area contributed by atoms with Crippen molar-refractivity contribution < 1.29 is 14.3 Å². The van der Waals surface area contributed by atoms with Gasteiger partial charge in [0.05, 0.1) is 11.6 Å². The molecule has 0 radical (unpaired) electrons. The zero-order valence-corrected chi connectivity index (χ0v) is 20.5. The third-order valence-corrected chi connectivity index (χ3v) is 5.67. The quantitative estimate of drug-likeness (QED) is 0.256. The predicted molar refractivity (Wildman–Crippen MR) is 134 cm³/mol. The second-order valence-corrected chi connectivity index (χ2v) is 8.40. The standard InChI is InChI=1S/C26H22BrClN2O3/c1-3-32-24-14-18(12-20(15-29)26(31)30-21-9-6-7-17(2)11-21)13-23(28)25(24)33-16-19-8-4-5-10-22(19)27/h4-14H,3,16H2,1-2H3,(H,30,31)/b20-12+. The van der Waals surface area contributed by atoms with Gasteiger partial charge >= 0.3 is 0 Å². The van der Waals surface area contributed by atoms with E-state index in [0.717, 1.165) is 15.6 Å². The van der Waals surface area contributed by atoms with Crippen LogP contribution in [-0.4, -0.2) is 12.5 Å². The highest BCUT2D eigenvalue weighted by Gasteiger charge is 2.15. The lowest BCUT2D eigenvalue weighted by molar-refractivity contribution is -0.112. The van der Waals surface area contributed by atoms with Crippen molar-refractivity contribution in [3.63, 3.8) is 0 Å². The Labute approximate surface area is 206 Å². The Morgan fingerprint density at radius 2 is 1.94 bits per heavy atom. The van der Waals surface area contributed by atoms with Crippen LogP contribution in [0.15, 0.2) is 70.7 Å². The summed E-state index contributed by atoms with van der Waals surface area (Å²) in [6, 6.07) is 20.4. The summed E-state index contributed by atoms with van der Waals surface area (Å²) >= 11 is 10.0. The van der Waals surface area contributed by atoms with Gasteiger partial charge in [-0.05, 0) is 61.4 Å². The van der Waals surface area contributed by atoms with E-state index in [9.17, 15) is 10.1 Å². The zero-order valence-electron chi connectivity index (χ0n) is 18.2. The Morgan fingerprint density at radius 3 is 2.64 bits per heavy atom. The van der Waals surface area contributed by atoms with Crippen LogP contribution in [-0.2, 0) is 11.4 Å². The van der Waals surface area contributed by atoms with E-state index in [1.54, 1.807) is 18.2 Å². The van der Waals surface area contributed by atoms with Crippen LogP contribution in [0, 0.1) is 18.3 Å². The Morgan fingerprint density at radius 1 is 1.15 bits per heavy atom. The van der Waals surface area contributed by atoms with E-state index in [1.807, 2.05) is 62.4 Å². The van der Waals surface area contributed by atoms with Gasteiger partial charge in [0.1, 0.15) is 18.2 Å². The monoisotopic (exact) mass is 524 g/mol. The molecule has 0 heterocycles. The molecule has 0 bridgehead atoms. The number of hydrogen-bond acceptors (Lipinski definition) is 4. The van der Waals surface area contributed by atoms with Gasteiger partial charge < -0.3 is 14.8 Å². The third-order valence-electron chi connectivity index (χ3n) is 4.61. The molecule has 0 saturated carbocycles. The number of carbonyl (C=O) groups is 1. The number of rotatable bonds is 8. The Bertz CT molecular complexity index is 1230. The Balaban J connectivity index is 1.86. The van der Waals surface area contributed by atoms with Gasteiger partial charge in [-0.1, -0.05) is 57.9 Å². The van der Waals surface area contributed by atoms with Crippen LogP contribution in [0.3, 0.4) is 0 Å². The molecule has 0 saturated heterocycles. The molecular weight excluding hydrogens is 504 g/mol. The number of halogens is 2. The van der Waals surface area contributed by atoms with Gasteiger partial charge in [-0.2, -0.15) is 5.26 Å². The van der Waals surface area contributed by atoms with Crippen molar-refractivity contribution >= 4 is 45.2 Å². The number of nitrogens with one attached hydrogen (secondary N) is 1. The summed E-state index contributed by atoms with van der Waals surface area (Å²) in [5.74, 6) is 0.320. The van der Waals surface area contributed by atoms with Crippen LogP contribution in [0.1, 0.15) is 23.6 Å². The molecule has 3 aromatic rings. The Hall–Kier alpha value is -3.27. The lowest BCUT2D eigenvalue weighted by Gasteiger charge is -2.15. The number of aryl methyl sites for hydroxylation is 1. The number of ether oxygens (including phenoxy) is 2. The molecule has 0 aromatic heterocycles. The first-order chi connectivity index (χ1) is 15.9. The molecule has 1 amide bonds. The first-order valence-corrected chi connectivity index (χ1v) is 11.4. The second-order valence-electron chi connectivity index (χ2n) is 7.14. The number of benzene rings is 3. The van der Waals surface area contributed by atoms with Crippen molar-refractivity contribution in [1.29, 1.82) is 5.26 Å². The second kappa shape index (κ2) is 11.6. The van der Waals surface area contributed by atoms with Crippen LogP contribution < -0.4 is 14.8 Å². The molecule has 0 aliphatic heterocycles. The summed E-state index contributed by atoms with van der Waals surface area (Å²) in [5, 5.41) is 12.6. The molecule has 3 rings (SSSR count). The fourth-order valence-electron chi connectivity index (χ4n) is 3.08. The molecule has 5 nitrogen and oxygen atoms in total. The van der Waals surface area contributed by atoms with Gasteiger partial charge in [0.15, 0.2) is 11.5 Å². The minimum Gasteiger partial charge on any atom is -0.490 e. The summed E-state index contributed by atoms with van der Waals surface area (Å²) in [7, 11) is 0. The van der Waals surface area contributed by atoms with Gasteiger partial charge in [0.25, 0.3) is 5.91 Å². The SMILES string of the molecule is CCOc1cc(/C=C(\C#N)C(=O)Nc2cccc(C)c2)cc(Cl)c1OCc1ccccc1Br. The van der Waals surface area contributed by atoms with Crippen LogP contribution >= 0.6 is 27.5 Å². The lowest BCUT2D eigenvalue weighted by Crippen LogP contribution is -2.13. The molecular formula is C26H22BrClN2O3. The zero-order chi connectivity index (χ0) is 23.8. The average molecular weight is 526 g/mol. The maximum atomic E-state index is 12.6. The molecule has 0 unspecified atom stereocenters. The fraction of sp³-hybridized carbons (Fsp3) is 0.154. The van der Waals surface area contributed by atoms with Crippen LogP contribution in [0.2, 0.25) is 5.02 Å².